The van der Waals surface area contributed by atoms with E-state index in [1.54, 1.807) is 18.9 Å². The van der Waals surface area contributed by atoms with Crippen molar-refractivity contribution in [2.75, 3.05) is 7.11 Å². The predicted octanol–water partition coefficient (Wildman–Crippen LogP) is 3.04. The van der Waals surface area contributed by atoms with E-state index in [9.17, 15) is 0 Å². The van der Waals surface area contributed by atoms with Gasteiger partial charge in [0.05, 0.1) is 7.11 Å². The quantitative estimate of drug-likeness (QED) is 0.859. The van der Waals surface area contributed by atoms with E-state index in [2.05, 4.69) is 16.3 Å². The van der Waals surface area contributed by atoms with E-state index in [-0.39, 0.29) is 11.3 Å². The number of aromatic nitrogens is 2. The normalized spacial score (nSPS) is 14.1. The zero-order valence-corrected chi connectivity index (χ0v) is 12.8. The summed E-state index contributed by atoms with van der Waals surface area (Å²) in [4.78, 5) is 4.35. The van der Waals surface area contributed by atoms with Crippen molar-refractivity contribution in [1.29, 1.82) is 0 Å². The van der Waals surface area contributed by atoms with Gasteiger partial charge in [0, 0.05) is 11.3 Å². The SMILES string of the molecule is COc1ccc(C(N)C(C)Sc2nc(C)ns2)cc1. The molecule has 0 radical (unpaired) electrons. The second-order valence-corrected chi connectivity index (χ2v) is 6.61. The molecule has 102 valence electrons. The summed E-state index contributed by atoms with van der Waals surface area (Å²) in [6.45, 7) is 4.00. The Hall–Kier alpha value is -1.11. The Morgan fingerprint density at radius 1 is 1.32 bits per heavy atom. The molecular formula is C13H17N3OS2. The van der Waals surface area contributed by atoms with Crippen LogP contribution >= 0.6 is 23.3 Å². The van der Waals surface area contributed by atoms with Gasteiger partial charge in [-0.05, 0) is 36.2 Å². The highest BCUT2D eigenvalue weighted by molar-refractivity contribution is 8.01. The molecule has 6 heteroatoms. The summed E-state index contributed by atoms with van der Waals surface area (Å²) in [5.74, 6) is 1.66. The zero-order chi connectivity index (χ0) is 13.8. The van der Waals surface area contributed by atoms with Crippen LogP contribution in [0, 0.1) is 6.92 Å². The Kier molecular flexibility index (Phi) is 4.79. The fourth-order valence-corrected chi connectivity index (χ4v) is 3.63. The maximum atomic E-state index is 6.28. The molecule has 4 nitrogen and oxygen atoms in total. The molecule has 2 unspecified atom stereocenters. The number of benzene rings is 1. The summed E-state index contributed by atoms with van der Waals surface area (Å²) < 4.78 is 10.3. The van der Waals surface area contributed by atoms with Gasteiger partial charge < -0.3 is 10.5 Å². The average molecular weight is 295 g/mol. The molecule has 1 aromatic carbocycles. The molecule has 19 heavy (non-hydrogen) atoms. The van der Waals surface area contributed by atoms with Crippen molar-refractivity contribution in [1.82, 2.24) is 9.36 Å². The van der Waals surface area contributed by atoms with E-state index < -0.39 is 0 Å². The summed E-state index contributed by atoms with van der Waals surface area (Å²) >= 11 is 3.09. The fraction of sp³-hybridized carbons (Fsp3) is 0.385. The van der Waals surface area contributed by atoms with Crippen LogP contribution < -0.4 is 10.5 Å². The van der Waals surface area contributed by atoms with E-state index in [1.165, 1.54) is 11.5 Å². The number of hydrogen-bond acceptors (Lipinski definition) is 6. The van der Waals surface area contributed by atoms with Crippen LogP contribution in [-0.2, 0) is 0 Å². The van der Waals surface area contributed by atoms with Gasteiger partial charge in [-0.25, -0.2) is 4.98 Å². The molecule has 0 aliphatic heterocycles. The molecular weight excluding hydrogens is 278 g/mol. The summed E-state index contributed by atoms with van der Waals surface area (Å²) in [7, 11) is 1.66. The monoisotopic (exact) mass is 295 g/mol. The minimum Gasteiger partial charge on any atom is -0.497 e. The first kappa shape index (κ1) is 14.3. The summed E-state index contributed by atoms with van der Waals surface area (Å²) in [6.07, 6.45) is 0. The number of ether oxygens (including phenoxy) is 1. The predicted molar refractivity (Wildman–Crippen MR) is 79.9 cm³/mol. The zero-order valence-electron chi connectivity index (χ0n) is 11.2. The number of nitrogens with zero attached hydrogens (tertiary/aromatic N) is 2. The number of rotatable bonds is 5. The molecule has 1 aromatic heterocycles. The third kappa shape index (κ3) is 3.68. The maximum Gasteiger partial charge on any atom is 0.170 e. The lowest BCUT2D eigenvalue weighted by atomic mass is 10.1. The molecule has 0 aliphatic rings. The Morgan fingerprint density at radius 2 is 2.00 bits per heavy atom. The summed E-state index contributed by atoms with van der Waals surface area (Å²) in [5, 5.41) is 0.237. The van der Waals surface area contributed by atoms with Crippen LogP contribution in [0.3, 0.4) is 0 Å². The van der Waals surface area contributed by atoms with Gasteiger partial charge in [0.2, 0.25) is 0 Å². The van der Waals surface area contributed by atoms with E-state index in [0.717, 1.165) is 21.5 Å². The van der Waals surface area contributed by atoms with Gasteiger partial charge in [-0.2, -0.15) is 4.37 Å². The molecule has 2 aromatic rings. The molecule has 0 aliphatic carbocycles. The standard InChI is InChI=1S/C13H17N3OS2/c1-8(18-13-15-9(2)16-19-13)12(14)10-4-6-11(17-3)7-5-10/h4-8,12H,14H2,1-3H3. The largest absolute Gasteiger partial charge is 0.497 e. The molecule has 2 atom stereocenters. The number of nitrogens with two attached hydrogens (primary N) is 1. The number of hydrogen-bond donors (Lipinski definition) is 1. The molecule has 2 N–H and O–H groups in total. The second kappa shape index (κ2) is 6.36. The van der Waals surface area contributed by atoms with Crippen LogP contribution in [0.5, 0.6) is 5.75 Å². The van der Waals surface area contributed by atoms with Crippen LogP contribution in [0.25, 0.3) is 0 Å². The van der Waals surface area contributed by atoms with Crippen molar-refractivity contribution in [3.63, 3.8) is 0 Å². The van der Waals surface area contributed by atoms with E-state index in [1.807, 2.05) is 31.2 Å². The Bertz CT molecular complexity index is 527. The van der Waals surface area contributed by atoms with Gasteiger partial charge in [-0.15, -0.1) is 0 Å². The molecule has 0 saturated carbocycles. The van der Waals surface area contributed by atoms with Crippen LogP contribution in [0.2, 0.25) is 0 Å². The van der Waals surface area contributed by atoms with Gasteiger partial charge >= 0.3 is 0 Å². The highest BCUT2D eigenvalue weighted by Gasteiger charge is 2.18. The molecule has 0 spiro atoms. The van der Waals surface area contributed by atoms with Crippen molar-refractivity contribution in [3.05, 3.63) is 35.7 Å². The van der Waals surface area contributed by atoms with Crippen molar-refractivity contribution < 1.29 is 4.74 Å². The van der Waals surface area contributed by atoms with Crippen molar-refractivity contribution in [3.8, 4) is 5.75 Å². The first-order valence-electron chi connectivity index (χ1n) is 5.96. The third-order valence-electron chi connectivity index (χ3n) is 2.80. The highest BCUT2D eigenvalue weighted by atomic mass is 32.2. The highest BCUT2D eigenvalue weighted by Crippen LogP contribution is 2.32. The average Bonchev–Trinajstić information content (AvgIpc) is 2.83. The lowest BCUT2D eigenvalue weighted by Gasteiger charge is -2.18. The van der Waals surface area contributed by atoms with Crippen LogP contribution in [0.1, 0.15) is 24.4 Å². The third-order valence-corrected chi connectivity index (χ3v) is 4.88. The lowest BCUT2D eigenvalue weighted by Crippen LogP contribution is -2.20. The minimum absolute atomic E-state index is 0.0416. The maximum absolute atomic E-state index is 6.28. The van der Waals surface area contributed by atoms with Crippen molar-refractivity contribution in [2.24, 2.45) is 5.73 Å². The van der Waals surface area contributed by atoms with E-state index in [4.69, 9.17) is 10.5 Å². The molecule has 1 heterocycles. The topological polar surface area (TPSA) is 61.0 Å². The van der Waals surface area contributed by atoms with E-state index in [0.29, 0.717) is 0 Å². The molecule has 0 amide bonds. The molecule has 0 bridgehead atoms. The van der Waals surface area contributed by atoms with E-state index >= 15 is 0 Å². The van der Waals surface area contributed by atoms with Crippen LogP contribution in [0.15, 0.2) is 28.6 Å². The van der Waals surface area contributed by atoms with Gasteiger partial charge in [-0.3, -0.25) is 0 Å². The number of thioether (sulfide) groups is 1. The minimum atomic E-state index is -0.0416. The fourth-order valence-electron chi connectivity index (χ4n) is 1.66. The molecule has 2 rings (SSSR count). The second-order valence-electron chi connectivity index (χ2n) is 4.23. The number of aryl methyl sites for hydroxylation is 1. The van der Waals surface area contributed by atoms with Gasteiger partial charge in [0.15, 0.2) is 4.34 Å². The Balaban J connectivity index is 2.03. The lowest BCUT2D eigenvalue weighted by molar-refractivity contribution is 0.414. The van der Waals surface area contributed by atoms with Gasteiger partial charge in [0.25, 0.3) is 0 Å². The Morgan fingerprint density at radius 3 is 2.53 bits per heavy atom. The number of methoxy groups -OCH3 is 1. The van der Waals surface area contributed by atoms with Gasteiger partial charge in [0.1, 0.15) is 11.6 Å². The Labute approximate surface area is 121 Å². The van der Waals surface area contributed by atoms with Crippen molar-refractivity contribution >= 4 is 23.3 Å². The first-order valence-corrected chi connectivity index (χ1v) is 7.62. The van der Waals surface area contributed by atoms with Gasteiger partial charge in [-0.1, -0.05) is 30.8 Å². The molecule has 0 fully saturated rings. The van der Waals surface area contributed by atoms with Crippen LogP contribution in [-0.4, -0.2) is 21.7 Å². The first-order chi connectivity index (χ1) is 9.10. The molecule has 0 saturated heterocycles. The smallest absolute Gasteiger partial charge is 0.170 e. The summed E-state index contributed by atoms with van der Waals surface area (Å²) in [5.41, 5.74) is 7.38. The van der Waals surface area contributed by atoms with Crippen molar-refractivity contribution in [2.45, 2.75) is 29.5 Å². The van der Waals surface area contributed by atoms with Crippen LogP contribution in [0.4, 0.5) is 0 Å². The summed E-state index contributed by atoms with van der Waals surface area (Å²) in [6, 6.07) is 7.83.